The lowest BCUT2D eigenvalue weighted by molar-refractivity contribution is 0.107. The van der Waals surface area contributed by atoms with Crippen LogP contribution in [0.2, 0.25) is 0 Å². The van der Waals surface area contributed by atoms with Gasteiger partial charge in [0.05, 0.1) is 19.0 Å². The van der Waals surface area contributed by atoms with Crippen LogP contribution in [0.4, 0.5) is 5.69 Å². The fourth-order valence-corrected chi connectivity index (χ4v) is 1.89. The van der Waals surface area contributed by atoms with E-state index >= 15 is 0 Å². The molecular formula is C16H15N3O2S. The molecule has 2 aromatic carbocycles. The van der Waals surface area contributed by atoms with Gasteiger partial charge in [-0.1, -0.05) is 42.5 Å². The van der Waals surface area contributed by atoms with Crippen molar-refractivity contribution in [2.45, 2.75) is 0 Å². The summed E-state index contributed by atoms with van der Waals surface area (Å²) in [4.78, 5) is 11.8. The molecule has 0 spiro atoms. The first kappa shape index (κ1) is 15.7. The van der Waals surface area contributed by atoms with Crippen molar-refractivity contribution in [3.05, 3.63) is 60.2 Å². The number of nitrogens with zero attached hydrogens (tertiary/aromatic N) is 1. The van der Waals surface area contributed by atoms with Gasteiger partial charge in [-0.15, -0.1) is 0 Å². The zero-order valence-corrected chi connectivity index (χ0v) is 12.8. The van der Waals surface area contributed by atoms with Gasteiger partial charge >= 0.3 is 0 Å². The average Bonchev–Trinajstić information content (AvgIpc) is 2.56. The normalized spacial score (nSPS) is 10.2. The van der Waals surface area contributed by atoms with E-state index in [1.807, 2.05) is 30.3 Å². The minimum atomic E-state index is -0.201. The second-order valence-corrected chi connectivity index (χ2v) is 4.66. The number of nitrogens with one attached hydrogen (secondary N) is 2. The Kier molecular flexibility index (Phi) is 5.62. The molecular weight excluding hydrogens is 298 g/mol. The van der Waals surface area contributed by atoms with Gasteiger partial charge in [0.25, 0.3) is 0 Å². The van der Waals surface area contributed by atoms with E-state index in [-0.39, 0.29) is 10.9 Å². The largest absolute Gasteiger partial charge is 0.495 e. The quantitative estimate of drug-likeness (QED) is 0.385. The van der Waals surface area contributed by atoms with Crippen LogP contribution in [0.15, 0.2) is 59.7 Å². The van der Waals surface area contributed by atoms with E-state index in [1.165, 1.54) is 6.21 Å². The molecule has 0 unspecified atom stereocenters. The summed E-state index contributed by atoms with van der Waals surface area (Å²) in [7, 11) is 1.58. The van der Waals surface area contributed by atoms with Gasteiger partial charge in [-0.2, -0.15) is 5.10 Å². The minimum absolute atomic E-state index is 0.201. The Hall–Kier alpha value is -2.73. The van der Waals surface area contributed by atoms with E-state index < -0.39 is 0 Å². The van der Waals surface area contributed by atoms with Crippen LogP contribution in [0.25, 0.3) is 0 Å². The SMILES string of the molecule is COc1ccccc1NC(=S)N/N=C/C(=O)c1ccccc1. The molecule has 0 heterocycles. The molecule has 0 aromatic heterocycles. The summed E-state index contributed by atoms with van der Waals surface area (Å²) < 4.78 is 5.20. The summed E-state index contributed by atoms with van der Waals surface area (Å²) >= 11 is 5.11. The van der Waals surface area contributed by atoms with Crippen LogP contribution in [-0.4, -0.2) is 24.2 Å². The third-order valence-corrected chi connectivity index (χ3v) is 2.95. The van der Waals surface area contributed by atoms with Crippen LogP contribution in [-0.2, 0) is 0 Å². The van der Waals surface area contributed by atoms with Gasteiger partial charge in [-0.05, 0) is 24.4 Å². The number of methoxy groups -OCH3 is 1. The number of hydrazone groups is 1. The molecule has 112 valence electrons. The van der Waals surface area contributed by atoms with Crippen molar-refractivity contribution in [2.24, 2.45) is 5.10 Å². The molecule has 6 heteroatoms. The number of ether oxygens (including phenoxy) is 1. The van der Waals surface area contributed by atoms with Crippen molar-refractivity contribution < 1.29 is 9.53 Å². The number of carbonyl (C=O) groups excluding carboxylic acids is 1. The standard InChI is InChI=1S/C16H15N3O2S/c1-21-15-10-6-5-9-13(15)18-16(22)19-17-11-14(20)12-7-3-2-4-8-12/h2-11H,1H3,(H2,18,19,22)/b17-11+. The van der Waals surface area contributed by atoms with Gasteiger partial charge in [-0.25, -0.2) is 0 Å². The van der Waals surface area contributed by atoms with E-state index in [9.17, 15) is 4.79 Å². The Bertz CT molecular complexity index is 687. The van der Waals surface area contributed by atoms with Crippen LogP contribution >= 0.6 is 12.2 Å². The first-order chi connectivity index (χ1) is 10.7. The summed E-state index contributed by atoms with van der Waals surface area (Å²) in [5.41, 5.74) is 3.88. The monoisotopic (exact) mass is 313 g/mol. The fraction of sp³-hybridized carbons (Fsp3) is 0.0625. The molecule has 0 saturated heterocycles. The molecule has 0 bridgehead atoms. The van der Waals surface area contributed by atoms with Crippen LogP contribution in [0, 0.1) is 0 Å². The summed E-state index contributed by atoms with van der Waals surface area (Å²) in [6.07, 6.45) is 1.19. The van der Waals surface area contributed by atoms with Crippen molar-refractivity contribution in [3.8, 4) is 5.75 Å². The van der Waals surface area contributed by atoms with Crippen molar-refractivity contribution in [1.29, 1.82) is 0 Å². The van der Waals surface area contributed by atoms with E-state index in [2.05, 4.69) is 15.8 Å². The molecule has 0 aliphatic rings. The van der Waals surface area contributed by atoms with Crippen molar-refractivity contribution >= 4 is 35.0 Å². The van der Waals surface area contributed by atoms with Gasteiger partial charge in [0.1, 0.15) is 5.75 Å². The first-order valence-corrected chi connectivity index (χ1v) is 6.94. The number of rotatable bonds is 5. The van der Waals surface area contributed by atoms with Gasteiger partial charge in [0, 0.05) is 5.56 Å². The molecule has 0 aliphatic carbocycles. The molecule has 0 fully saturated rings. The van der Waals surface area contributed by atoms with E-state index in [4.69, 9.17) is 17.0 Å². The highest BCUT2D eigenvalue weighted by molar-refractivity contribution is 7.80. The highest BCUT2D eigenvalue weighted by atomic mass is 32.1. The van der Waals surface area contributed by atoms with Crippen molar-refractivity contribution in [2.75, 3.05) is 12.4 Å². The van der Waals surface area contributed by atoms with Gasteiger partial charge < -0.3 is 10.1 Å². The number of anilines is 1. The zero-order valence-electron chi connectivity index (χ0n) is 11.9. The maximum atomic E-state index is 11.8. The summed E-state index contributed by atoms with van der Waals surface area (Å²) in [6.45, 7) is 0. The Balaban J connectivity index is 1.90. The molecule has 0 aliphatic heterocycles. The molecule has 2 N–H and O–H groups in total. The number of hydrogen-bond acceptors (Lipinski definition) is 4. The minimum Gasteiger partial charge on any atom is -0.495 e. The van der Waals surface area contributed by atoms with E-state index in [1.54, 1.807) is 31.4 Å². The van der Waals surface area contributed by atoms with Crippen LogP contribution in [0.5, 0.6) is 5.75 Å². The van der Waals surface area contributed by atoms with Crippen molar-refractivity contribution in [3.63, 3.8) is 0 Å². The molecule has 0 saturated carbocycles. The van der Waals surface area contributed by atoms with Crippen LogP contribution in [0.1, 0.15) is 10.4 Å². The fourth-order valence-electron chi connectivity index (χ4n) is 1.72. The Morgan fingerprint density at radius 1 is 1.14 bits per heavy atom. The number of ketones is 1. The third kappa shape index (κ3) is 4.39. The maximum absolute atomic E-state index is 11.8. The molecule has 2 aromatic rings. The van der Waals surface area contributed by atoms with Gasteiger partial charge in [0.2, 0.25) is 5.78 Å². The highest BCUT2D eigenvalue weighted by Gasteiger charge is 2.03. The Morgan fingerprint density at radius 2 is 1.82 bits per heavy atom. The summed E-state index contributed by atoms with van der Waals surface area (Å²) in [5, 5.41) is 7.04. The molecule has 0 radical (unpaired) electrons. The van der Waals surface area contributed by atoms with Gasteiger partial charge in [-0.3, -0.25) is 10.2 Å². The summed E-state index contributed by atoms with van der Waals surface area (Å²) in [5.74, 6) is 0.462. The molecule has 0 atom stereocenters. The lowest BCUT2D eigenvalue weighted by Crippen LogP contribution is -2.24. The topological polar surface area (TPSA) is 62.7 Å². The number of thiocarbonyl (C=S) groups is 1. The zero-order chi connectivity index (χ0) is 15.8. The summed E-state index contributed by atoms with van der Waals surface area (Å²) in [6, 6.07) is 16.2. The second-order valence-electron chi connectivity index (χ2n) is 4.25. The maximum Gasteiger partial charge on any atom is 0.205 e. The van der Waals surface area contributed by atoms with Crippen molar-refractivity contribution in [1.82, 2.24) is 5.43 Å². The molecule has 5 nitrogen and oxygen atoms in total. The number of para-hydroxylation sites is 2. The average molecular weight is 313 g/mol. The predicted molar refractivity (Wildman–Crippen MR) is 91.6 cm³/mol. The Morgan fingerprint density at radius 3 is 2.55 bits per heavy atom. The Labute approximate surface area is 134 Å². The number of carbonyl (C=O) groups is 1. The highest BCUT2D eigenvalue weighted by Crippen LogP contribution is 2.22. The smallest absolute Gasteiger partial charge is 0.205 e. The molecule has 0 amide bonds. The predicted octanol–water partition coefficient (Wildman–Crippen LogP) is 2.85. The van der Waals surface area contributed by atoms with Gasteiger partial charge in [0.15, 0.2) is 5.11 Å². The van der Waals surface area contributed by atoms with E-state index in [0.29, 0.717) is 17.0 Å². The number of hydrogen-bond donors (Lipinski definition) is 2. The number of benzene rings is 2. The molecule has 2 rings (SSSR count). The first-order valence-electron chi connectivity index (χ1n) is 6.53. The van der Waals surface area contributed by atoms with Crippen LogP contribution in [0.3, 0.4) is 0 Å². The van der Waals surface area contributed by atoms with E-state index in [0.717, 1.165) is 0 Å². The second kappa shape index (κ2) is 7.90. The number of Topliss-reactive ketones (excluding diaryl/α,β-unsaturated/α-hetero) is 1. The lowest BCUT2D eigenvalue weighted by atomic mass is 10.1. The lowest BCUT2D eigenvalue weighted by Gasteiger charge is -2.10. The third-order valence-electron chi connectivity index (χ3n) is 2.76. The molecule has 22 heavy (non-hydrogen) atoms. The van der Waals surface area contributed by atoms with Crippen LogP contribution < -0.4 is 15.5 Å².